The molecule has 1 aliphatic rings. The lowest BCUT2D eigenvalue weighted by molar-refractivity contribution is -0.140. The van der Waals surface area contributed by atoms with E-state index in [-0.39, 0.29) is 11.9 Å². The number of carbonyl (C=O) groups excluding carboxylic acids is 1. The van der Waals surface area contributed by atoms with E-state index in [9.17, 15) is 4.79 Å². The van der Waals surface area contributed by atoms with Gasteiger partial charge in [-0.3, -0.25) is 14.7 Å². The van der Waals surface area contributed by atoms with Crippen molar-refractivity contribution in [2.45, 2.75) is 45.9 Å². The van der Waals surface area contributed by atoms with Crippen molar-refractivity contribution < 1.29 is 14.3 Å². The van der Waals surface area contributed by atoms with Crippen molar-refractivity contribution in [3.63, 3.8) is 0 Å². The smallest absolute Gasteiger partial charge is 0.251 e. The van der Waals surface area contributed by atoms with Crippen molar-refractivity contribution >= 4 is 5.91 Å². The van der Waals surface area contributed by atoms with Crippen molar-refractivity contribution in [3.05, 3.63) is 24.0 Å². The van der Waals surface area contributed by atoms with Crippen LogP contribution in [0.5, 0.6) is 5.75 Å². The van der Waals surface area contributed by atoms with Crippen LogP contribution in [0.2, 0.25) is 0 Å². The van der Waals surface area contributed by atoms with Gasteiger partial charge in [0.05, 0.1) is 12.8 Å². The van der Waals surface area contributed by atoms with Gasteiger partial charge in [-0.1, -0.05) is 13.8 Å². The fraction of sp³-hybridized carbons (Fsp3) is 0.684. The van der Waals surface area contributed by atoms with Gasteiger partial charge in [-0.15, -0.1) is 0 Å². The molecule has 2 rings (SSSR count). The van der Waals surface area contributed by atoms with Crippen LogP contribution in [0.3, 0.4) is 0 Å². The second-order valence-corrected chi connectivity index (χ2v) is 7.58. The monoisotopic (exact) mass is 349 g/mol. The molecule has 1 saturated heterocycles. The average Bonchev–Trinajstić information content (AvgIpc) is 2.97. The second kappa shape index (κ2) is 8.15. The highest BCUT2D eigenvalue weighted by Gasteiger charge is 2.38. The molecule has 1 aromatic rings. The van der Waals surface area contributed by atoms with Gasteiger partial charge < -0.3 is 14.8 Å². The van der Waals surface area contributed by atoms with Crippen LogP contribution in [0.15, 0.2) is 18.3 Å². The maximum Gasteiger partial charge on any atom is 0.251 e. The topological polar surface area (TPSA) is 63.7 Å². The minimum absolute atomic E-state index is 0.0630. The Morgan fingerprint density at radius 3 is 2.72 bits per heavy atom. The van der Waals surface area contributed by atoms with Gasteiger partial charge in [0.25, 0.3) is 5.91 Å². The molecule has 0 unspecified atom stereocenters. The van der Waals surface area contributed by atoms with E-state index < -0.39 is 5.60 Å². The Morgan fingerprint density at radius 2 is 2.12 bits per heavy atom. The number of amides is 1. The molecule has 0 saturated carbocycles. The normalized spacial score (nSPS) is 21.6. The van der Waals surface area contributed by atoms with Crippen LogP contribution in [0.1, 0.15) is 33.4 Å². The van der Waals surface area contributed by atoms with E-state index in [2.05, 4.69) is 29.0 Å². The molecule has 0 aromatic carbocycles. The van der Waals surface area contributed by atoms with E-state index in [4.69, 9.17) is 9.47 Å². The quantitative estimate of drug-likeness (QED) is 0.817. The van der Waals surface area contributed by atoms with E-state index in [1.165, 1.54) is 0 Å². The van der Waals surface area contributed by atoms with Gasteiger partial charge in [-0.2, -0.15) is 0 Å². The lowest BCUT2D eigenvalue weighted by Gasteiger charge is -2.28. The van der Waals surface area contributed by atoms with Crippen LogP contribution in [0.25, 0.3) is 0 Å². The van der Waals surface area contributed by atoms with Crippen LogP contribution in [-0.4, -0.2) is 54.7 Å². The Morgan fingerprint density at radius 1 is 1.40 bits per heavy atom. The zero-order valence-corrected chi connectivity index (χ0v) is 16.2. The Balaban J connectivity index is 2.05. The van der Waals surface area contributed by atoms with Crippen molar-refractivity contribution in [2.75, 3.05) is 27.3 Å². The zero-order chi connectivity index (χ0) is 18.6. The fourth-order valence-corrected chi connectivity index (χ4v) is 3.20. The van der Waals surface area contributed by atoms with Crippen LogP contribution >= 0.6 is 0 Å². The van der Waals surface area contributed by atoms with Gasteiger partial charge in [0.1, 0.15) is 11.4 Å². The molecule has 2 atom stereocenters. The molecule has 0 bridgehead atoms. The summed E-state index contributed by atoms with van der Waals surface area (Å²) in [6.45, 7) is 10.5. The number of ether oxygens (including phenoxy) is 2. The molecule has 6 nitrogen and oxygen atoms in total. The number of nitrogens with one attached hydrogen (secondary N) is 1. The fourth-order valence-electron chi connectivity index (χ4n) is 3.20. The lowest BCUT2D eigenvalue weighted by Crippen LogP contribution is -2.51. The molecule has 0 spiro atoms. The molecule has 25 heavy (non-hydrogen) atoms. The van der Waals surface area contributed by atoms with Crippen LogP contribution in [-0.2, 0) is 16.1 Å². The Kier molecular flexibility index (Phi) is 6.41. The molecule has 1 amide bonds. The maximum absolute atomic E-state index is 12.5. The number of methoxy groups -OCH3 is 2. The van der Waals surface area contributed by atoms with Gasteiger partial charge in [0.15, 0.2) is 0 Å². The van der Waals surface area contributed by atoms with Gasteiger partial charge >= 0.3 is 0 Å². The minimum Gasteiger partial charge on any atom is -0.497 e. The second-order valence-electron chi connectivity index (χ2n) is 7.58. The predicted octanol–water partition coefficient (Wildman–Crippen LogP) is 2.09. The number of likely N-dealkylation sites (tertiary alicyclic amines) is 1. The molecule has 2 heterocycles. The Hall–Kier alpha value is -1.66. The lowest BCUT2D eigenvalue weighted by atomic mass is 9.91. The Bertz CT molecular complexity index is 589. The van der Waals surface area contributed by atoms with Crippen LogP contribution in [0.4, 0.5) is 0 Å². The van der Waals surface area contributed by atoms with Crippen LogP contribution in [0, 0.1) is 11.8 Å². The molecule has 1 N–H and O–H groups in total. The summed E-state index contributed by atoms with van der Waals surface area (Å²) in [5, 5.41) is 3.19. The summed E-state index contributed by atoms with van der Waals surface area (Å²) in [6, 6.07) is 3.93. The first-order valence-electron chi connectivity index (χ1n) is 8.84. The zero-order valence-electron chi connectivity index (χ0n) is 16.2. The standard InChI is InChI=1S/C19H31N3O3/c1-13(2)16-11-22(10-14-9-15(24-5)7-8-20-14)12-17(16)21-18(23)19(3,4)25-6/h7-9,13,16-17H,10-12H2,1-6H3,(H,21,23)/t16-,17+/m0/s1. The van der Waals surface area contributed by atoms with Gasteiger partial charge in [-0.25, -0.2) is 0 Å². The predicted molar refractivity (Wildman–Crippen MR) is 97.4 cm³/mol. The summed E-state index contributed by atoms with van der Waals surface area (Å²) < 4.78 is 10.6. The maximum atomic E-state index is 12.5. The number of hydrogen-bond acceptors (Lipinski definition) is 5. The molecule has 0 radical (unpaired) electrons. The SMILES string of the molecule is COc1ccnc(CN2C[C@@H](NC(=O)C(C)(C)OC)[C@H](C(C)C)C2)c1. The Labute approximate surface area is 150 Å². The summed E-state index contributed by atoms with van der Waals surface area (Å²) in [5.41, 5.74) is 0.162. The number of aromatic nitrogens is 1. The summed E-state index contributed by atoms with van der Waals surface area (Å²) in [5.74, 6) is 1.64. The average molecular weight is 349 g/mol. The van der Waals surface area contributed by atoms with Crippen molar-refractivity contribution in [2.24, 2.45) is 11.8 Å². The highest BCUT2D eigenvalue weighted by Crippen LogP contribution is 2.26. The summed E-state index contributed by atoms with van der Waals surface area (Å²) in [6.07, 6.45) is 1.77. The first-order chi connectivity index (χ1) is 11.8. The third-order valence-electron chi connectivity index (χ3n) is 5.08. The van der Waals surface area contributed by atoms with E-state index in [0.717, 1.165) is 31.1 Å². The van der Waals surface area contributed by atoms with E-state index in [0.29, 0.717) is 11.8 Å². The van der Waals surface area contributed by atoms with Crippen molar-refractivity contribution in [3.8, 4) is 5.75 Å². The molecule has 1 aromatic heterocycles. The largest absolute Gasteiger partial charge is 0.497 e. The summed E-state index contributed by atoms with van der Waals surface area (Å²) in [7, 11) is 3.22. The number of nitrogens with zero attached hydrogens (tertiary/aromatic N) is 2. The van der Waals surface area contributed by atoms with Gasteiger partial charge in [0, 0.05) is 45.0 Å². The van der Waals surface area contributed by atoms with Crippen molar-refractivity contribution in [1.29, 1.82) is 0 Å². The third kappa shape index (κ3) is 4.92. The molecule has 140 valence electrons. The molecular formula is C19H31N3O3. The van der Waals surface area contributed by atoms with Crippen molar-refractivity contribution in [1.82, 2.24) is 15.2 Å². The summed E-state index contributed by atoms with van der Waals surface area (Å²) >= 11 is 0. The van der Waals surface area contributed by atoms with Gasteiger partial charge in [0.2, 0.25) is 0 Å². The number of hydrogen-bond donors (Lipinski definition) is 1. The highest BCUT2D eigenvalue weighted by molar-refractivity contribution is 5.84. The first-order valence-corrected chi connectivity index (χ1v) is 8.84. The highest BCUT2D eigenvalue weighted by atomic mass is 16.5. The first kappa shape index (κ1) is 19.7. The van der Waals surface area contributed by atoms with Gasteiger partial charge in [-0.05, 0) is 31.7 Å². The van der Waals surface area contributed by atoms with E-state index >= 15 is 0 Å². The van der Waals surface area contributed by atoms with Crippen LogP contribution < -0.4 is 10.1 Å². The molecular weight excluding hydrogens is 318 g/mol. The number of rotatable bonds is 7. The number of carbonyl (C=O) groups is 1. The number of pyridine rings is 1. The van der Waals surface area contributed by atoms with E-state index in [1.54, 1.807) is 34.3 Å². The minimum atomic E-state index is -0.816. The molecule has 6 heteroatoms. The molecule has 0 aliphatic carbocycles. The summed E-state index contributed by atoms with van der Waals surface area (Å²) in [4.78, 5) is 19.3. The molecule has 1 aliphatic heterocycles. The van der Waals surface area contributed by atoms with E-state index in [1.807, 2.05) is 12.1 Å². The third-order valence-corrected chi connectivity index (χ3v) is 5.08. The molecule has 1 fully saturated rings.